The largest absolute Gasteiger partial charge is 0.481 e. The number of fused-ring (bicyclic) bond motifs is 2. The van der Waals surface area contributed by atoms with E-state index in [4.69, 9.17) is 4.74 Å². The number of carbonyl (C=O) groups is 2. The molecule has 4 nitrogen and oxygen atoms in total. The summed E-state index contributed by atoms with van der Waals surface area (Å²) >= 11 is 0. The smallest absolute Gasteiger partial charge is 0.313 e. The van der Waals surface area contributed by atoms with Gasteiger partial charge in [-0.2, -0.15) is 0 Å². The molecule has 0 aliphatic heterocycles. The minimum absolute atomic E-state index is 0.129. The topological polar surface area (TPSA) is 63.6 Å². The highest BCUT2D eigenvalue weighted by Gasteiger charge is 3.21. The van der Waals surface area contributed by atoms with Gasteiger partial charge in [-0.15, -0.1) is 0 Å². The molecule has 0 aromatic heterocycles. The van der Waals surface area contributed by atoms with Crippen LogP contribution in [0.2, 0.25) is 0 Å². The fraction of sp³-hybridized carbons (Fsp3) is 0.833. The summed E-state index contributed by atoms with van der Waals surface area (Å²) in [7, 11) is 1.40. The molecule has 4 heteroatoms. The molecule has 4 aliphatic rings. The van der Waals surface area contributed by atoms with E-state index in [0.29, 0.717) is 11.8 Å². The Balaban J connectivity index is 1.84. The molecule has 86 valence electrons. The number of hydrogen-bond acceptors (Lipinski definition) is 3. The van der Waals surface area contributed by atoms with E-state index in [0.717, 1.165) is 0 Å². The Hall–Kier alpha value is -1.06. The predicted molar refractivity (Wildman–Crippen MR) is 52.3 cm³/mol. The lowest BCUT2D eigenvalue weighted by molar-refractivity contribution is -0.232. The lowest BCUT2D eigenvalue weighted by Crippen LogP contribution is -2.69. The third-order valence-electron chi connectivity index (χ3n) is 6.48. The van der Waals surface area contributed by atoms with Crippen LogP contribution in [-0.2, 0) is 14.3 Å². The predicted octanol–water partition coefficient (Wildman–Crippen LogP) is 0.762. The molecular weight excluding hydrogens is 208 g/mol. The van der Waals surface area contributed by atoms with Crippen LogP contribution in [-0.4, -0.2) is 24.2 Å². The number of carbonyl (C=O) groups excluding carboxylic acids is 1. The van der Waals surface area contributed by atoms with Crippen molar-refractivity contribution in [2.24, 2.45) is 39.9 Å². The van der Waals surface area contributed by atoms with Gasteiger partial charge in [-0.25, -0.2) is 0 Å². The molecule has 4 atom stereocenters. The van der Waals surface area contributed by atoms with Crippen molar-refractivity contribution in [3.05, 3.63) is 0 Å². The van der Waals surface area contributed by atoms with Crippen molar-refractivity contribution in [1.29, 1.82) is 0 Å². The van der Waals surface area contributed by atoms with Gasteiger partial charge in [-0.05, 0) is 23.7 Å². The van der Waals surface area contributed by atoms with Crippen LogP contribution in [0.1, 0.15) is 13.8 Å². The summed E-state index contributed by atoms with van der Waals surface area (Å²) in [5, 5.41) is 9.48. The Morgan fingerprint density at radius 2 is 1.62 bits per heavy atom. The Bertz CT molecular complexity index is 448. The first kappa shape index (κ1) is 9.02. The van der Waals surface area contributed by atoms with Crippen LogP contribution in [0.5, 0.6) is 0 Å². The number of hydrogen-bond donors (Lipinski definition) is 1. The first-order valence-corrected chi connectivity index (χ1v) is 5.80. The van der Waals surface area contributed by atoms with Crippen molar-refractivity contribution in [3.63, 3.8) is 0 Å². The maximum absolute atomic E-state index is 11.9. The Kier molecular flexibility index (Phi) is 1.02. The molecule has 4 fully saturated rings. The number of aliphatic carboxylic acids is 1. The Morgan fingerprint density at radius 1 is 1.12 bits per heavy atom. The van der Waals surface area contributed by atoms with E-state index >= 15 is 0 Å². The number of ether oxygens (including phenoxy) is 1. The zero-order valence-corrected chi connectivity index (χ0v) is 9.48. The highest BCUT2D eigenvalue weighted by atomic mass is 16.5. The Labute approximate surface area is 93.0 Å². The van der Waals surface area contributed by atoms with Crippen molar-refractivity contribution in [2.45, 2.75) is 13.8 Å². The quantitative estimate of drug-likeness (QED) is 0.701. The third-order valence-corrected chi connectivity index (χ3v) is 6.48. The van der Waals surface area contributed by atoms with Crippen molar-refractivity contribution in [1.82, 2.24) is 0 Å². The fourth-order valence-corrected chi connectivity index (χ4v) is 6.49. The van der Waals surface area contributed by atoms with Gasteiger partial charge in [0, 0.05) is 5.41 Å². The van der Waals surface area contributed by atoms with E-state index in [2.05, 4.69) is 0 Å². The minimum Gasteiger partial charge on any atom is -0.481 e. The van der Waals surface area contributed by atoms with Crippen LogP contribution in [0.3, 0.4) is 0 Å². The van der Waals surface area contributed by atoms with Gasteiger partial charge < -0.3 is 9.84 Å². The second-order valence-corrected chi connectivity index (χ2v) is 5.94. The van der Waals surface area contributed by atoms with Crippen molar-refractivity contribution >= 4 is 11.9 Å². The van der Waals surface area contributed by atoms with Gasteiger partial charge in [0.25, 0.3) is 0 Å². The average Bonchev–Trinajstić information content (AvgIpc) is 2.99. The van der Waals surface area contributed by atoms with Crippen molar-refractivity contribution < 1.29 is 19.4 Å². The van der Waals surface area contributed by atoms with Gasteiger partial charge >= 0.3 is 11.9 Å². The van der Waals surface area contributed by atoms with E-state index in [1.54, 1.807) is 0 Å². The highest BCUT2D eigenvalue weighted by Crippen LogP contribution is 3.17. The summed E-state index contributed by atoms with van der Waals surface area (Å²) < 4.78 is 4.88. The van der Waals surface area contributed by atoms with Crippen LogP contribution in [0.4, 0.5) is 0 Å². The molecule has 1 spiro atoms. The van der Waals surface area contributed by atoms with E-state index < -0.39 is 11.4 Å². The van der Waals surface area contributed by atoms with Crippen LogP contribution in [0, 0.1) is 39.9 Å². The summed E-state index contributed by atoms with van der Waals surface area (Å²) in [6, 6.07) is 0. The molecule has 0 bridgehead atoms. The second-order valence-electron chi connectivity index (χ2n) is 5.94. The molecule has 4 rings (SSSR count). The van der Waals surface area contributed by atoms with Crippen LogP contribution in [0.25, 0.3) is 0 Å². The number of carboxylic acids is 1. The standard InChI is InChI=1S/C12H14O4/c1-4-6-11(9(15)16-3)7-5(2)10(4,8(13)14)12(6,7)11/h4-7H,1-3H3,(H,13,14). The molecule has 1 N–H and O–H groups in total. The molecule has 4 aliphatic carbocycles. The monoisotopic (exact) mass is 222 g/mol. The van der Waals surface area contributed by atoms with Gasteiger partial charge in [0.2, 0.25) is 0 Å². The van der Waals surface area contributed by atoms with Crippen molar-refractivity contribution in [2.75, 3.05) is 7.11 Å². The summed E-state index contributed by atoms with van der Waals surface area (Å²) in [4.78, 5) is 23.4. The van der Waals surface area contributed by atoms with E-state index in [1.165, 1.54) is 7.11 Å². The second kappa shape index (κ2) is 1.81. The normalized spacial score (nSPS) is 66.7. The maximum atomic E-state index is 11.9. The van der Waals surface area contributed by atoms with Gasteiger partial charge in [0.1, 0.15) is 0 Å². The molecule has 16 heavy (non-hydrogen) atoms. The SMILES string of the molecule is COC(=O)C12C3C(C)C4(C(=O)O)C(C)C1C342. The number of rotatable bonds is 2. The van der Waals surface area contributed by atoms with Crippen LogP contribution >= 0.6 is 0 Å². The summed E-state index contributed by atoms with van der Waals surface area (Å²) in [5.41, 5.74) is -1.19. The molecule has 0 aromatic carbocycles. The third kappa shape index (κ3) is 0.367. The van der Waals surface area contributed by atoms with Gasteiger partial charge in [-0.1, -0.05) is 13.8 Å². The molecular formula is C12H14O4. The van der Waals surface area contributed by atoms with Gasteiger partial charge in [-0.3, -0.25) is 9.59 Å². The van der Waals surface area contributed by atoms with Crippen LogP contribution < -0.4 is 0 Å². The lowest BCUT2D eigenvalue weighted by atomic mass is 9.36. The number of carboxylic acid groups (broad SMARTS) is 1. The molecule has 4 saturated carbocycles. The molecule has 0 aromatic rings. The first-order chi connectivity index (χ1) is 7.48. The summed E-state index contributed by atoms with van der Waals surface area (Å²) in [5.74, 6) is -0.0206. The Morgan fingerprint density at radius 3 is 1.94 bits per heavy atom. The summed E-state index contributed by atoms with van der Waals surface area (Å²) in [6.07, 6.45) is 0. The maximum Gasteiger partial charge on any atom is 0.313 e. The van der Waals surface area contributed by atoms with Crippen LogP contribution in [0.15, 0.2) is 0 Å². The number of esters is 1. The fourth-order valence-electron chi connectivity index (χ4n) is 6.49. The molecule has 0 heterocycles. The molecule has 0 radical (unpaired) electrons. The molecule has 0 saturated heterocycles. The summed E-state index contributed by atoms with van der Waals surface area (Å²) in [6.45, 7) is 3.96. The van der Waals surface area contributed by atoms with E-state index in [1.807, 2.05) is 13.8 Å². The minimum atomic E-state index is -0.705. The first-order valence-electron chi connectivity index (χ1n) is 5.80. The average molecular weight is 222 g/mol. The number of methoxy groups -OCH3 is 1. The zero-order chi connectivity index (χ0) is 11.7. The molecule has 0 amide bonds. The van der Waals surface area contributed by atoms with Gasteiger partial charge in [0.15, 0.2) is 0 Å². The lowest BCUT2D eigenvalue weighted by Gasteiger charge is -2.65. The van der Waals surface area contributed by atoms with Gasteiger partial charge in [0.05, 0.1) is 17.9 Å². The van der Waals surface area contributed by atoms with Crippen molar-refractivity contribution in [3.8, 4) is 0 Å². The highest BCUT2D eigenvalue weighted by molar-refractivity contribution is 6.01. The van der Waals surface area contributed by atoms with E-state index in [-0.39, 0.29) is 28.6 Å². The van der Waals surface area contributed by atoms with E-state index in [9.17, 15) is 14.7 Å². The zero-order valence-electron chi connectivity index (χ0n) is 9.48. The molecule has 4 unspecified atom stereocenters.